The van der Waals surface area contributed by atoms with Gasteiger partial charge in [-0.3, -0.25) is 19.4 Å². The van der Waals surface area contributed by atoms with E-state index in [1.807, 2.05) is 18.0 Å². The summed E-state index contributed by atoms with van der Waals surface area (Å²) >= 11 is 0. The molecule has 1 aromatic carbocycles. The first-order valence-electron chi connectivity index (χ1n) is 10.0. The Morgan fingerprint density at radius 3 is 2.45 bits per heavy atom. The fraction of sp³-hybridized carbons (Fsp3) is 0.348. The summed E-state index contributed by atoms with van der Waals surface area (Å²) in [6.07, 6.45) is 2.89. The highest BCUT2D eigenvalue weighted by molar-refractivity contribution is 5.95. The zero-order chi connectivity index (χ0) is 23.4. The predicted octanol–water partition coefficient (Wildman–Crippen LogP) is 2.41. The molecule has 0 atom stereocenters. The van der Waals surface area contributed by atoms with Crippen molar-refractivity contribution in [3.63, 3.8) is 0 Å². The van der Waals surface area contributed by atoms with Crippen molar-refractivity contribution in [2.75, 3.05) is 46.9 Å². The molecule has 0 saturated carbocycles. The lowest BCUT2D eigenvalue weighted by Gasteiger charge is -2.21. The van der Waals surface area contributed by atoms with Crippen LogP contribution in [0.15, 0.2) is 31.0 Å². The minimum atomic E-state index is -0.300. The molecule has 2 amide bonds. The number of hydrogen-bond donors (Lipinski definition) is 1. The molecule has 1 aliphatic rings. The van der Waals surface area contributed by atoms with Gasteiger partial charge in [-0.15, -0.1) is 12.4 Å². The van der Waals surface area contributed by atoms with Gasteiger partial charge in [0.15, 0.2) is 11.5 Å². The van der Waals surface area contributed by atoms with Crippen molar-refractivity contribution in [3.05, 3.63) is 42.1 Å². The third-order valence-electron chi connectivity index (χ3n) is 5.31. The van der Waals surface area contributed by atoms with E-state index in [-0.39, 0.29) is 30.8 Å². The van der Waals surface area contributed by atoms with E-state index in [1.165, 1.54) is 6.08 Å². The highest BCUT2D eigenvalue weighted by Crippen LogP contribution is 2.47. The number of rotatable bonds is 7. The second kappa shape index (κ2) is 11.0. The average Bonchev–Trinajstić information content (AvgIpc) is 2.90. The summed E-state index contributed by atoms with van der Waals surface area (Å²) in [5.74, 6) is 1.79. The predicted molar refractivity (Wildman–Crippen MR) is 128 cm³/mol. The Labute approximate surface area is 199 Å². The first kappa shape index (κ1) is 26.0. The highest BCUT2D eigenvalue weighted by Gasteiger charge is 2.26. The number of nitrogens with one attached hydrogen (secondary N) is 1. The Bertz CT molecular complexity index is 1060. The van der Waals surface area contributed by atoms with Gasteiger partial charge in [-0.05, 0) is 25.3 Å². The number of ether oxygens (including phenoxy) is 3. The maximum Gasteiger partial charge on any atom is 0.243 e. The van der Waals surface area contributed by atoms with Gasteiger partial charge in [-0.1, -0.05) is 6.58 Å². The minimum Gasteiger partial charge on any atom is -0.496 e. The lowest BCUT2D eigenvalue weighted by Crippen LogP contribution is -2.33. The van der Waals surface area contributed by atoms with Crippen LogP contribution in [0, 0.1) is 0 Å². The molecule has 0 radical (unpaired) electrons. The molecule has 0 unspecified atom stereocenters. The second-order valence-corrected chi connectivity index (χ2v) is 7.43. The molecular weight excluding hydrogens is 448 g/mol. The van der Waals surface area contributed by atoms with Crippen molar-refractivity contribution >= 4 is 30.0 Å². The molecular formula is C23H29ClN4O5. The summed E-state index contributed by atoms with van der Waals surface area (Å²) in [7, 11) is 8.27. The number of pyridine rings is 1. The van der Waals surface area contributed by atoms with Gasteiger partial charge in [-0.2, -0.15) is 0 Å². The Hall–Kier alpha value is -3.30. The highest BCUT2D eigenvalue weighted by atomic mass is 35.5. The first-order chi connectivity index (χ1) is 15.3. The van der Waals surface area contributed by atoms with Gasteiger partial charge in [0.1, 0.15) is 11.6 Å². The van der Waals surface area contributed by atoms with Gasteiger partial charge < -0.3 is 19.5 Å². The van der Waals surface area contributed by atoms with E-state index in [4.69, 9.17) is 14.2 Å². The van der Waals surface area contributed by atoms with Crippen LogP contribution in [0.2, 0.25) is 0 Å². The summed E-state index contributed by atoms with van der Waals surface area (Å²) in [4.78, 5) is 32.2. The van der Waals surface area contributed by atoms with Gasteiger partial charge in [0.05, 0.1) is 33.4 Å². The maximum absolute atomic E-state index is 12.4. The topological polar surface area (TPSA) is 93.2 Å². The molecule has 10 heteroatoms. The lowest BCUT2D eigenvalue weighted by atomic mass is 9.98. The van der Waals surface area contributed by atoms with Crippen molar-refractivity contribution in [2.24, 2.45) is 0 Å². The number of nitrogens with zero attached hydrogens (tertiary/aromatic N) is 3. The molecule has 0 spiro atoms. The number of anilines is 1. The quantitative estimate of drug-likeness (QED) is 0.613. The Morgan fingerprint density at radius 2 is 1.85 bits per heavy atom. The molecule has 0 aliphatic carbocycles. The molecule has 2 heterocycles. The smallest absolute Gasteiger partial charge is 0.243 e. The van der Waals surface area contributed by atoms with Crippen LogP contribution in [0.1, 0.15) is 11.1 Å². The third kappa shape index (κ3) is 5.20. The maximum atomic E-state index is 12.4. The van der Waals surface area contributed by atoms with Crippen LogP contribution in [0.3, 0.4) is 0 Å². The molecule has 33 heavy (non-hydrogen) atoms. The number of amides is 2. The molecule has 9 nitrogen and oxygen atoms in total. The van der Waals surface area contributed by atoms with Crippen LogP contribution in [0.25, 0.3) is 11.1 Å². The Morgan fingerprint density at radius 1 is 1.15 bits per heavy atom. The first-order valence-corrected chi connectivity index (χ1v) is 10.0. The largest absolute Gasteiger partial charge is 0.496 e. The van der Waals surface area contributed by atoms with Gasteiger partial charge in [0, 0.05) is 43.0 Å². The summed E-state index contributed by atoms with van der Waals surface area (Å²) in [5.41, 5.74) is 2.98. The van der Waals surface area contributed by atoms with Crippen molar-refractivity contribution in [2.45, 2.75) is 13.1 Å². The van der Waals surface area contributed by atoms with Crippen molar-refractivity contribution < 1.29 is 23.8 Å². The molecule has 0 bridgehead atoms. The van der Waals surface area contributed by atoms with Gasteiger partial charge in [-0.25, -0.2) is 4.98 Å². The van der Waals surface area contributed by atoms with Crippen molar-refractivity contribution in [3.8, 4) is 28.4 Å². The third-order valence-corrected chi connectivity index (χ3v) is 5.31. The standard InChI is InChI=1S/C23H28N4O5.ClH/c1-7-18(28)24-11-15-9-17(30-4)22(32-6)20(21(15)31-5)14-8-16-12-26(2)13-19(29)27(3)23(16)25-10-14;/h7-10H,1,11-13H2,2-6H3,(H,24,28);1H. The number of hydrogen-bond acceptors (Lipinski definition) is 7. The van der Waals surface area contributed by atoms with E-state index in [2.05, 4.69) is 16.9 Å². The van der Waals surface area contributed by atoms with E-state index in [0.717, 1.165) is 11.1 Å². The molecule has 0 saturated heterocycles. The van der Waals surface area contributed by atoms with Crippen molar-refractivity contribution in [1.82, 2.24) is 15.2 Å². The lowest BCUT2D eigenvalue weighted by molar-refractivity contribution is -0.119. The van der Waals surface area contributed by atoms with Gasteiger partial charge in [0.25, 0.3) is 0 Å². The number of benzene rings is 1. The molecule has 1 aromatic heterocycles. The van der Waals surface area contributed by atoms with Crippen LogP contribution in [0.4, 0.5) is 5.82 Å². The molecule has 178 valence electrons. The fourth-order valence-corrected chi connectivity index (χ4v) is 3.77. The van der Waals surface area contributed by atoms with Gasteiger partial charge >= 0.3 is 0 Å². The minimum absolute atomic E-state index is 0. The normalized spacial score (nSPS) is 13.4. The second-order valence-electron chi connectivity index (χ2n) is 7.43. The van der Waals surface area contributed by atoms with E-state index < -0.39 is 0 Å². The summed E-state index contributed by atoms with van der Waals surface area (Å²) < 4.78 is 17.0. The number of fused-ring (bicyclic) bond motifs is 1. The fourth-order valence-electron chi connectivity index (χ4n) is 3.77. The zero-order valence-corrected chi connectivity index (χ0v) is 20.2. The summed E-state index contributed by atoms with van der Waals surface area (Å²) in [5, 5.41) is 2.77. The van der Waals surface area contributed by atoms with E-state index in [1.54, 1.807) is 45.5 Å². The van der Waals surface area contributed by atoms with Crippen LogP contribution >= 0.6 is 12.4 Å². The van der Waals surface area contributed by atoms with Gasteiger partial charge in [0.2, 0.25) is 11.8 Å². The average molecular weight is 477 g/mol. The molecule has 0 fully saturated rings. The molecule has 1 aliphatic heterocycles. The van der Waals surface area contributed by atoms with E-state index >= 15 is 0 Å². The molecule has 1 N–H and O–H groups in total. The van der Waals surface area contributed by atoms with Crippen LogP contribution in [0.5, 0.6) is 17.2 Å². The van der Waals surface area contributed by atoms with Crippen LogP contribution < -0.4 is 24.4 Å². The van der Waals surface area contributed by atoms with Crippen molar-refractivity contribution in [1.29, 1.82) is 0 Å². The number of carbonyl (C=O) groups is 2. The van der Waals surface area contributed by atoms with E-state index in [9.17, 15) is 9.59 Å². The number of methoxy groups -OCH3 is 3. The van der Waals surface area contributed by atoms with Crippen LogP contribution in [-0.2, 0) is 22.7 Å². The zero-order valence-electron chi connectivity index (χ0n) is 19.4. The summed E-state index contributed by atoms with van der Waals surface area (Å²) in [6, 6.07) is 3.74. The summed E-state index contributed by atoms with van der Waals surface area (Å²) in [6.45, 7) is 4.55. The number of halogens is 1. The van der Waals surface area contributed by atoms with Crippen LogP contribution in [-0.4, -0.2) is 63.7 Å². The number of aromatic nitrogens is 1. The monoisotopic (exact) mass is 476 g/mol. The molecule has 2 aromatic rings. The van der Waals surface area contributed by atoms with E-state index in [0.29, 0.717) is 47.3 Å². The number of likely N-dealkylation sites (N-methyl/N-ethyl adjacent to an activating group) is 2. The molecule has 3 rings (SSSR count). The SMILES string of the molecule is C=CC(=O)NCc1cc(OC)c(OC)c(-c2cnc3c(c2)CN(C)CC(=O)N3C)c1OC.Cl. The number of carbonyl (C=O) groups excluding carboxylic acids is 2. The Balaban J connectivity index is 0.00000385. The Kier molecular flexibility index (Phi) is 8.67.